The Hall–Kier alpha value is -3.55. The Kier molecular flexibility index (Phi) is 5.55. The van der Waals surface area contributed by atoms with Gasteiger partial charge >= 0.3 is 5.97 Å². The van der Waals surface area contributed by atoms with Crippen LogP contribution in [0.15, 0.2) is 54.6 Å². The highest BCUT2D eigenvalue weighted by atomic mass is 19.1. The highest BCUT2D eigenvalue weighted by Gasteiger charge is 2.09. The number of nitrogens with one attached hydrogen (secondary N) is 2. The van der Waals surface area contributed by atoms with E-state index in [1.807, 2.05) is 30.3 Å². The first-order chi connectivity index (χ1) is 13.0. The van der Waals surface area contributed by atoms with Crippen molar-refractivity contribution in [1.82, 2.24) is 9.97 Å². The minimum atomic E-state index is -1.05. The first-order valence-electron chi connectivity index (χ1n) is 8.08. The minimum Gasteiger partial charge on any atom is -0.480 e. The molecule has 6 nitrogen and oxygen atoms in total. The molecule has 0 aliphatic carbocycles. The summed E-state index contributed by atoms with van der Waals surface area (Å²) in [5, 5.41) is 14.4. The van der Waals surface area contributed by atoms with Gasteiger partial charge in [-0.25, -0.2) is 13.8 Å². The highest BCUT2D eigenvalue weighted by molar-refractivity contribution is 5.72. The van der Waals surface area contributed by atoms with Crippen molar-refractivity contribution in [2.75, 3.05) is 17.2 Å². The van der Waals surface area contributed by atoms with Gasteiger partial charge in [-0.3, -0.25) is 4.79 Å². The lowest BCUT2D eigenvalue weighted by molar-refractivity contribution is -0.134. The average molecular weight is 370 g/mol. The van der Waals surface area contributed by atoms with E-state index < -0.39 is 17.6 Å². The van der Waals surface area contributed by atoms with Crippen LogP contribution in [0.25, 0.3) is 11.3 Å². The number of hydrogen-bond donors (Lipinski definition) is 3. The molecule has 0 amide bonds. The summed E-state index contributed by atoms with van der Waals surface area (Å²) in [6, 6.07) is 14.2. The monoisotopic (exact) mass is 370 g/mol. The zero-order valence-electron chi connectivity index (χ0n) is 14.1. The molecule has 0 saturated heterocycles. The number of rotatable bonds is 7. The maximum atomic E-state index is 13.3. The average Bonchev–Trinajstić information content (AvgIpc) is 2.64. The molecule has 0 aliphatic rings. The first-order valence-corrected chi connectivity index (χ1v) is 8.08. The molecular weight excluding hydrogens is 354 g/mol. The maximum Gasteiger partial charge on any atom is 0.322 e. The van der Waals surface area contributed by atoms with Crippen LogP contribution < -0.4 is 10.6 Å². The topological polar surface area (TPSA) is 87.1 Å². The normalized spacial score (nSPS) is 10.4. The maximum absolute atomic E-state index is 13.3. The van der Waals surface area contributed by atoms with Crippen molar-refractivity contribution in [3.8, 4) is 11.3 Å². The number of carboxylic acids is 1. The molecule has 3 aromatic rings. The molecule has 1 aromatic heterocycles. The summed E-state index contributed by atoms with van der Waals surface area (Å²) >= 11 is 0. The lowest BCUT2D eigenvalue weighted by Crippen LogP contribution is -2.15. The molecule has 0 radical (unpaired) electrons. The van der Waals surface area contributed by atoms with Gasteiger partial charge in [0.15, 0.2) is 0 Å². The Morgan fingerprint density at radius 1 is 0.963 bits per heavy atom. The van der Waals surface area contributed by atoms with Crippen LogP contribution >= 0.6 is 0 Å². The van der Waals surface area contributed by atoms with Crippen molar-refractivity contribution in [3.63, 3.8) is 0 Å². The SMILES string of the molecule is O=C(O)CNc1nc(NCc2cc(F)cc(F)c2)cc(-c2ccccc2)n1. The molecule has 0 aliphatic heterocycles. The van der Waals surface area contributed by atoms with E-state index in [0.29, 0.717) is 17.1 Å². The third kappa shape index (κ3) is 5.21. The molecule has 3 rings (SSSR count). The number of aliphatic carboxylic acids is 1. The first kappa shape index (κ1) is 18.2. The van der Waals surface area contributed by atoms with Crippen molar-refractivity contribution in [2.24, 2.45) is 0 Å². The quantitative estimate of drug-likeness (QED) is 0.590. The second-order valence-electron chi connectivity index (χ2n) is 5.71. The fourth-order valence-electron chi connectivity index (χ4n) is 2.43. The van der Waals surface area contributed by atoms with Gasteiger partial charge in [0.25, 0.3) is 0 Å². The third-order valence-corrected chi connectivity index (χ3v) is 3.59. The van der Waals surface area contributed by atoms with E-state index in [1.165, 1.54) is 12.1 Å². The number of halogens is 2. The number of carboxylic acid groups (broad SMARTS) is 1. The van der Waals surface area contributed by atoms with Gasteiger partial charge in [-0.1, -0.05) is 30.3 Å². The molecule has 0 saturated carbocycles. The van der Waals surface area contributed by atoms with E-state index in [-0.39, 0.29) is 19.0 Å². The van der Waals surface area contributed by atoms with Crippen molar-refractivity contribution in [1.29, 1.82) is 0 Å². The van der Waals surface area contributed by atoms with Crippen molar-refractivity contribution >= 4 is 17.7 Å². The van der Waals surface area contributed by atoms with Gasteiger partial charge in [0, 0.05) is 24.2 Å². The summed E-state index contributed by atoms with van der Waals surface area (Å²) in [6.45, 7) is -0.203. The van der Waals surface area contributed by atoms with E-state index >= 15 is 0 Å². The Morgan fingerprint density at radius 2 is 1.67 bits per heavy atom. The second kappa shape index (κ2) is 8.22. The number of nitrogens with zero attached hydrogens (tertiary/aromatic N) is 2. The molecular formula is C19H16F2N4O2. The van der Waals surface area contributed by atoms with Crippen molar-refractivity contribution < 1.29 is 18.7 Å². The van der Waals surface area contributed by atoms with Crippen LogP contribution in [0, 0.1) is 11.6 Å². The van der Waals surface area contributed by atoms with Crippen LogP contribution in [0.4, 0.5) is 20.5 Å². The van der Waals surface area contributed by atoms with Gasteiger partial charge in [0.1, 0.15) is 24.0 Å². The summed E-state index contributed by atoms with van der Waals surface area (Å²) < 4.78 is 26.6. The predicted octanol–water partition coefficient (Wildman–Crippen LogP) is 3.53. The molecule has 2 aromatic carbocycles. The van der Waals surface area contributed by atoms with Gasteiger partial charge < -0.3 is 15.7 Å². The van der Waals surface area contributed by atoms with Crippen LogP contribution in [0.3, 0.4) is 0 Å². The number of anilines is 2. The lowest BCUT2D eigenvalue weighted by atomic mass is 10.1. The molecule has 3 N–H and O–H groups in total. The van der Waals surface area contributed by atoms with Crippen molar-refractivity contribution in [3.05, 3.63) is 71.8 Å². The van der Waals surface area contributed by atoms with Crippen LogP contribution in [0.2, 0.25) is 0 Å². The van der Waals surface area contributed by atoms with Crippen LogP contribution in [-0.2, 0) is 11.3 Å². The van der Waals surface area contributed by atoms with E-state index in [2.05, 4.69) is 20.6 Å². The summed E-state index contributed by atoms with van der Waals surface area (Å²) in [7, 11) is 0. The molecule has 138 valence electrons. The summed E-state index contributed by atoms with van der Waals surface area (Å²) in [5.41, 5.74) is 1.80. The fraction of sp³-hybridized carbons (Fsp3) is 0.105. The second-order valence-corrected chi connectivity index (χ2v) is 5.71. The zero-order valence-corrected chi connectivity index (χ0v) is 14.1. The molecule has 0 spiro atoms. The molecule has 1 heterocycles. The Morgan fingerprint density at radius 3 is 2.33 bits per heavy atom. The fourth-order valence-corrected chi connectivity index (χ4v) is 2.43. The molecule has 0 atom stereocenters. The Labute approximate surface area is 153 Å². The number of aromatic nitrogens is 2. The van der Waals surface area contributed by atoms with Crippen molar-refractivity contribution in [2.45, 2.75) is 6.54 Å². The van der Waals surface area contributed by atoms with E-state index in [1.54, 1.807) is 6.07 Å². The van der Waals surface area contributed by atoms with Gasteiger partial charge in [0.05, 0.1) is 5.69 Å². The van der Waals surface area contributed by atoms with Crippen LogP contribution in [0.5, 0.6) is 0 Å². The molecule has 0 fully saturated rings. The van der Waals surface area contributed by atoms with Gasteiger partial charge in [0.2, 0.25) is 5.95 Å². The standard InChI is InChI=1S/C19H16F2N4O2/c20-14-6-12(7-15(21)8-14)10-22-17-9-16(13-4-2-1-3-5-13)24-19(25-17)23-11-18(26)27/h1-9H,10-11H2,(H,26,27)(H2,22,23,24,25). The number of benzene rings is 2. The summed E-state index contributed by atoms with van der Waals surface area (Å²) in [5.74, 6) is -1.85. The third-order valence-electron chi connectivity index (χ3n) is 3.59. The molecule has 0 unspecified atom stereocenters. The molecule has 27 heavy (non-hydrogen) atoms. The van der Waals surface area contributed by atoms with Gasteiger partial charge in [-0.15, -0.1) is 0 Å². The Balaban J connectivity index is 1.86. The number of carbonyl (C=O) groups is 1. The van der Waals surface area contributed by atoms with E-state index in [4.69, 9.17) is 5.11 Å². The smallest absolute Gasteiger partial charge is 0.322 e. The highest BCUT2D eigenvalue weighted by Crippen LogP contribution is 2.22. The minimum absolute atomic E-state index is 0.131. The van der Waals surface area contributed by atoms with E-state index in [9.17, 15) is 13.6 Å². The summed E-state index contributed by atoms with van der Waals surface area (Å²) in [6.07, 6.45) is 0. The van der Waals surface area contributed by atoms with Crippen LogP contribution in [-0.4, -0.2) is 27.6 Å². The van der Waals surface area contributed by atoms with Crippen LogP contribution in [0.1, 0.15) is 5.56 Å². The largest absolute Gasteiger partial charge is 0.480 e. The summed E-state index contributed by atoms with van der Waals surface area (Å²) in [4.78, 5) is 19.3. The number of hydrogen-bond acceptors (Lipinski definition) is 5. The predicted molar refractivity (Wildman–Crippen MR) is 97.3 cm³/mol. The molecule has 8 heteroatoms. The van der Waals surface area contributed by atoms with E-state index in [0.717, 1.165) is 11.6 Å². The molecule has 0 bridgehead atoms. The zero-order chi connectivity index (χ0) is 19.2. The van der Waals surface area contributed by atoms with Gasteiger partial charge in [-0.2, -0.15) is 4.98 Å². The lowest BCUT2D eigenvalue weighted by Gasteiger charge is -2.11. The van der Waals surface area contributed by atoms with Gasteiger partial charge in [-0.05, 0) is 17.7 Å². The Bertz CT molecular complexity index is 931.